The molecule has 0 saturated heterocycles. The molecule has 1 saturated carbocycles. The van der Waals surface area contributed by atoms with E-state index in [1.165, 1.54) is 116 Å². The largest absolute Gasteiger partial charge is 0.480 e. The summed E-state index contributed by atoms with van der Waals surface area (Å²) >= 11 is 0. The summed E-state index contributed by atoms with van der Waals surface area (Å²) in [6, 6.07) is -1.02. The van der Waals surface area contributed by atoms with E-state index in [0.29, 0.717) is 25.8 Å². The minimum Gasteiger partial charge on any atom is -0.480 e. The fraction of sp³-hybridized carbons (Fsp3) is 0.925. The lowest BCUT2D eigenvalue weighted by Gasteiger charge is -2.21. The van der Waals surface area contributed by atoms with Gasteiger partial charge in [0.15, 0.2) is 6.10 Å². The van der Waals surface area contributed by atoms with E-state index in [4.69, 9.17) is 10.5 Å². The highest BCUT2D eigenvalue weighted by Gasteiger charge is 2.35. The van der Waals surface area contributed by atoms with Crippen LogP contribution < -0.4 is 11.1 Å². The molecule has 1 fully saturated rings. The smallest absolute Gasteiger partial charge is 0.335 e. The number of ether oxygens (including phenoxy) is 1. The van der Waals surface area contributed by atoms with Crippen molar-refractivity contribution < 1.29 is 29.3 Å². The molecule has 5 atom stereocenters. The van der Waals surface area contributed by atoms with Crippen LogP contribution in [0.1, 0.15) is 200 Å². The first-order chi connectivity index (χ1) is 23.3. The number of aliphatic carboxylic acids is 1. The number of unbranched alkanes of at least 4 members (excludes halogenated alkanes) is 18. The van der Waals surface area contributed by atoms with Crippen LogP contribution in [0.3, 0.4) is 0 Å². The van der Waals surface area contributed by atoms with E-state index >= 15 is 0 Å². The van der Waals surface area contributed by atoms with Crippen LogP contribution in [0.25, 0.3) is 0 Å². The van der Waals surface area contributed by atoms with Crippen LogP contribution in [-0.4, -0.2) is 52.9 Å². The minimum atomic E-state index is -1.20. The van der Waals surface area contributed by atoms with Crippen LogP contribution in [-0.2, 0) is 19.1 Å². The summed E-state index contributed by atoms with van der Waals surface area (Å²) in [6.07, 6.45) is 29.2. The zero-order valence-corrected chi connectivity index (χ0v) is 31.2. The summed E-state index contributed by atoms with van der Waals surface area (Å²) in [4.78, 5) is 37.2. The van der Waals surface area contributed by atoms with E-state index in [0.717, 1.165) is 50.4 Å². The molecular formula is C40H76N2O6. The van der Waals surface area contributed by atoms with E-state index < -0.39 is 36.1 Å². The number of nitrogens with two attached hydrogens (primary N) is 1. The molecule has 282 valence electrons. The third-order valence-corrected chi connectivity index (χ3v) is 10.2. The van der Waals surface area contributed by atoms with Crippen molar-refractivity contribution in [3.05, 3.63) is 0 Å². The molecule has 0 aliphatic heterocycles. The Morgan fingerprint density at radius 2 is 1.12 bits per heavy atom. The Hall–Kier alpha value is -1.67. The van der Waals surface area contributed by atoms with Gasteiger partial charge in [0.25, 0.3) is 0 Å². The van der Waals surface area contributed by atoms with Crippen LogP contribution in [0.15, 0.2) is 0 Å². The van der Waals surface area contributed by atoms with Gasteiger partial charge in [0.1, 0.15) is 12.1 Å². The maximum Gasteiger partial charge on any atom is 0.335 e. The first-order valence-electron chi connectivity index (χ1n) is 20.4. The summed E-state index contributed by atoms with van der Waals surface area (Å²) in [5.74, 6) is -0.260. The van der Waals surface area contributed by atoms with Gasteiger partial charge in [0.2, 0.25) is 5.91 Å². The molecule has 0 heterocycles. The van der Waals surface area contributed by atoms with Gasteiger partial charge in [-0.3, -0.25) is 4.79 Å². The molecular weight excluding hydrogens is 604 g/mol. The van der Waals surface area contributed by atoms with Crippen LogP contribution in [0.5, 0.6) is 0 Å². The number of hydrogen-bond donors (Lipinski definition) is 4. The van der Waals surface area contributed by atoms with Crippen molar-refractivity contribution in [1.29, 1.82) is 0 Å². The van der Waals surface area contributed by atoms with Crippen molar-refractivity contribution in [3.63, 3.8) is 0 Å². The third kappa shape index (κ3) is 24.5. The molecule has 0 aromatic carbocycles. The first kappa shape index (κ1) is 44.4. The highest BCUT2D eigenvalue weighted by molar-refractivity contribution is 5.84. The summed E-state index contributed by atoms with van der Waals surface area (Å²) in [5.41, 5.74) is 5.52. The lowest BCUT2D eigenvalue weighted by molar-refractivity contribution is -0.161. The van der Waals surface area contributed by atoms with Crippen molar-refractivity contribution in [3.8, 4) is 0 Å². The molecule has 5 N–H and O–H groups in total. The fourth-order valence-electron chi connectivity index (χ4n) is 6.94. The number of amides is 1. The topological polar surface area (TPSA) is 139 Å². The molecule has 8 nitrogen and oxygen atoms in total. The van der Waals surface area contributed by atoms with Crippen molar-refractivity contribution in [2.75, 3.05) is 6.54 Å². The van der Waals surface area contributed by atoms with Gasteiger partial charge in [-0.15, -0.1) is 0 Å². The average Bonchev–Trinajstić information content (AvgIpc) is 3.82. The first-order valence-corrected chi connectivity index (χ1v) is 20.4. The Kier molecular flexibility index (Phi) is 27.9. The molecule has 0 aromatic heterocycles. The standard InChI is InChI=1S/C40H76N2O6/c1-3-5-7-9-10-11-12-13-14-18-22-27-35(32-38(44)42-36(39(45)46)28-24-30-41)48-40(47)37(43)29-23-19-16-15-17-21-26-34-31-33(34)25-20-8-6-4-2/h33-37,43H,3-32,41H2,1-2H3,(H,42,44)(H,45,46)/t33?,34?,35?,36-,37?/m0/s1. The van der Waals surface area contributed by atoms with Gasteiger partial charge in [-0.05, 0) is 56.9 Å². The van der Waals surface area contributed by atoms with E-state index in [1.807, 2.05) is 0 Å². The van der Waals surface area contributed by atoms with E-state index in [9.17, 15) is 24.6 Å². The molecule has 1 amide bonds. The van der Waals surface area contributed by atoms with Gasteiger partial charge < -0.3 is 26.0 Å². The number of carboxylic acids is 1. The van der Waals surface area contributed by atoms with Crippen molar-refractivity contribution in [1.82, 2.24) is 5.32 Å². The number of carboxylic acid groups (broad SMARTS) is 1. The number of rotatable bonds is 35. The predicted molar refractivity (Wildman–Crippen MR) is 197 cm³/mol. The van der Waals surface area contributed by atoms with Crippen LogP contribution >= 0.6 is 0 Å². The highest BCUT2D eigenvalue weighted by atomic mass is 16.6. The van der Waals surface area contributed by atoms with Crippen molar-refractivity contribution in [2.24, 2.45) is 17.6 Å². The van der Waals surface area contributed by atoms with Gasteiger partial charge >= 0.3 is 11.9 Å². The Labute approximate surface area is 294 Å². The van der Waals surface area contributed by atoms with Gasteiger partial charge in [-0.2, -0.15) is 0 Å². The van der Waals surface area contributed by atoms with E-state index in [1.54, 1.807) is 0 Å². The van der Waals surface area contributed by atoms with Crippen molar-refractivity contribution in [2.45, 2.75) is 218 Å². The van der Waals surface area contributed by atoms with Crippen molar-refractivity contribution >= 4 is 17.8 Å². The normalized spacial score (nSPS) is 17.5. The second kappa shape index (κ2) is 30.2. The third-order valence-electron chi connectivity index (χ3n) is 10.2. The quantitative estimate of drug-likeness (QED) is 0.0386. The zero-order chi connectivity index (χ0) is 35.2. The second-order valence-electron chi connectivity index (χ2n) is 14.8. The monoisotopic (exact) mass is 681 g/mol. The van der Waals surface area contributed by atoms with E-state index in [-0.39, 0.29) is 12.8 Å². The second-order valence-corrected chi connectivity index (χ2v) is 14.8. The molecule has 8 heteroatoms. The zero-order valence-electron chi connectivity index (χ0n) is 31.2. The van der Waals surface area contributed by atoms with Gasteiger partial charge in [0.05, 0.1) is 6.42 Å². The van der Waals surface area contributed by atoms with Crippen LogP contribution in [0.2, 0.25) is 0 Å². The summed E-state index contributed by atoms with van der Waals surface area (Å²) < 4.78 is 5.66. The predicted octanol–water partition coefficient (Wildman–Crippen LogP) is 9.39. The number of aliphatic hydroxyl groups excluding tert-OH is 1. The fourth-order valence-corrected chi connectivity index (χ4v) is 6.94. The highest BCUT2D eigenvalue weighted by Crippen LogP contribution is 2.45. The maximum atomic E-state index is 12.8. The molecule has 4 unspecified atom stereocenters. The molecule has 1 rings (SSSR count). The number of aliphatic hydroxyl groups is 1. The maximum absolute atomic E-state index is 12.8. The Morgan fingerprint density at radius 1 is 0.667 bits per heavy atom. The molecule has 1 aliphatic rings. The van der Waals surface area contributed by atoms with Gasteiger partial charge in [-0.25, -0.2) is 9.59 Å². The average molecular weight is 681 g/mol. The van der Waals surface area contributed by atoms with Crippen LogP contribution in [0, 0.1) is 11.8 Å². The number of carbonyl (C=O) groups excluding carboxylic acids is 2. The van der Waals surface area contributed by atoms with Gasteiger partial charge in [-0.1, -0.05) is 155 Å². The number of carbonyl (C=O) groups is 3. The molecule has 0 bridgehead atoms. The molecule has 0 radical (unpaired) electrons. The molecule has 1 aliphatic carbocycles. The Bertz CT molecular complexity index is 809. The number of hydrogen-bond acceptors (Lipinski definition) is 6. The lowest BCUT2D eigenvalue weighted by atomic mass is 10.0. The summed E-state index contributed by atoms with van der Waals surface area (Å²) in [7, 11) is 0. The molecule has 48 heavy (non-hydrogen) atoms. The minimum absolute atomic E-state index is 0.108. The molecule has 0 spiro atoms. The summed E-state index contributed by atoms with van der Waals surface area (Å²) in [5, 5.41) is 22.6. The Morgan fingerprint density at radius 3 is 1.62 bits per heavy atom. The molecule has 0 aromatic rings. The number of nitrogens with one attached hydrogen (secondary N) is 1. The van der Waals surface area contributed by atoms with E-state index in [2.05, 4.69) is 19.2 Å². The lowest BCUT2D eigenvalue weighted by Crippen LogP contribution is -2.42. The Balaban J connectivity index is 2.33. The SMILES string of the molecule is CCCCCCCCCCCCCC(CC(=O)N[C@@H](CCCN)C(=O)O)OC(=O)C(O)CCCCCCCCC1CC1CCCCCC. The van der Waals surface area contributed by atoms with Gasteiger partial charge in [0, 0.05) is 0 Å². The summed E-state index contributed by atoms with van der Waals surface area (Å²) in [6.45, 7) is 4.85. The number of esters is 1. The van der Waals surface area contributed by atoms with Crippen LogP contribution in [0.4, 0.5) is 0 Å².